The first-order chi connectivity index (χ1) is 22.4. The Morgan fingerprint density at radius 1 is 0.896 bits per heavy atom. The van der Waals surface area contributed by atoms with Crippen molar-refractivity contribution in [3.05, 3.63) is 49.0 Å². The molecule has 2 rings (SSSR count). The van der Waals surface area contributed by atoms with Crippen molar-refractivity contribution in [2.75, 3.05) is 43.6 Å². The van der Waals surface area contributed by atoms with Crippen LogP contribution in [-0.4, -0.2) is 61.1 Å². The highest BCUT2D eigenvalue weighted by atomic mass is 79.9. The van der Waals surface area contributed by atoms with E-state index in [2.05, 4.69) is 31.5 Å². The summed E-state index contributed by atoms with van der Waals surface area (Å²) in [4.78, 5) is 60.6. The van der Waals surface area contributed by atoms with Gasteiger partial charge in [0.2, 0.25) is 5.91 Å². The van der Waals surface area contributed by atoms with Crippen molar-refractivity contribution in [2.45, 2.75) is 61.3 Å². The Morgan fingerprint density at radius 3 is 1.88 bits per heavy atom. The molecule has 0 fully saturated rings. The third-order valence-corrected chi connectivity index (χ3v) is 8.31. The van der Waals surface area contributed by atoms with Crippen LogP contribution in [0.4, 0.5) is 34.1 Å². The maximum absolute atomic E-state index is 12.7. The van der Waals surface area contributed by atoms with E-state index in [1.165, 1.54) is 26.2 Å². The standard InChI is InChI=1S/C31H41BrN6O10/c1-9-30(4,5)28(40)47-13-11-36(12-14-48-29(41)31(6,7)10-2)24-17-22(33-19(3)39)23(18-26(24)46-8)34-35-27-21(32)15-20(37(42)43)16-25(27)38(44)45/h15-18H,9-14H2,1-8H3,(H,33,39). The van der Waals surface area contributed by atoms with Gasteiger partial charge in [0, 0.05) is 19.1 Å². The summed E-state index contributed by atoms with van der Waals surface area (Å²) in [7, 11) is 1.39. The number of rotatable bonds is 17. The summed E-state index contributed by atoms with van der Waals surface area (Å²) in [6.07, 6.45) is 1.14. The number of benzene rings is 2. The molecule has 16 nitrogen and oxygen atoms in total. The first-order valence-electron chi connectivity index (χ1n) is 15.0. The van der Waals surface area contributed by atoms with Gasteiger partial charge >= 0.3 is 17.6 Å². The van der Waals surface area contributed by atoms with Gasteiger partial charge in [-0.2, -0.15) is 0 Å². The van der Waals surface area contributed by atoms with Crippen molar-refractivity contribution < 1.29 is 38.4 Å². The smallest absolute Gasteiger partial charge is 0.311 e. The number of nitro groups is 2. The Balaban J connectivity index is 2.60. The fourth-order valence-corrected chi connectivity index (χ4v) is 4.41. The lowest BCUT2D eigenvalue weighted by Gasteiger charge is -2.29. The molecule has 0 saturated heterocycles. The molecule has 0 saturated carbocycles. The summed E-state index contributed by atoms with van der Waals surface area (Å²) >= 11 is 3.09. The molecule has 0 aliphatic rings. The van der Waals surface area contributed by atoms with Crippen LogP contribution in [0.25, 0.3) is 0 Å². The number of methoxy groups -OCH3 is 1. The van der Waals surface area contributed by atoms with Crippen molar-refractivity contribution in [2.24, 2.45) is 21.1 Å². The molecular formula is C31H41BrN6O10. The van der Waals surface area contributed by atoms with Crippen LogP contribution >= 0.6 is 15.9 Å². The summed E-state index contributed by atoms with van der Waals surface area (Å²) in [6.45, 7) is 12.4. The van der Waals surface area contributed by atoms with Crippen LogP contribution in [0.15, 0.2) is 39.0 Å². The Morgan fingerprint density at radius 2 is 1.44 bits per heavy atom. The zero-order chi connectivity index (χ0) is 36.4. The summed E-state index contributed by atoms with van der Waals surface area (Å²) in [5.41, 5.74) is -2.27. The van der Waals surface area contributed by atoms with E-state index in [0.717, 1.165) is 12.1 Å². The molecule has 0 aliphatic heterocycles. The third kappa shape index (κ3) is 10.4. The van der Waals surface area contributed by atoms with E-state index in [4.69, 9.17) is 14.2 Å². The van der Waals surface area contributed by atoms with Crippen LogP contribution in [0.3, 0.4) is 0 Å². The monoisotopic (exact) mass is 736 g/mol. The number of nitrogens with one attached hydrogen (secondary N) is 1. The fourth-order valence-electron chi connectivity index (χ4n) is 3.89. The van der Waals surface area contributed by atoms with E-state index in [9.17, 15) is 34.6 Å². The number of hydrogen-bond acceptors (Lipinski definition) is 13. The molecule has 1 amide bonds. The van der Waals surface area contributed by atoms with Gasteiger partial charge in [-0.3, -0.25) is 34.6 Å². The highest BCUT2D eigenvalue weighted by Gasteiger charge is 2.29. The summed E-state index contributed by atoms with van der Waals surface area (Å²) in [5, 5.41) is 33.7. The number of non-ortho nitro benzene ring substituents is 1. The van der Waals surface area contributed by atoms with Crippen LogP contribution in [0, 0.1) is 31.1 Å². The van der Waals surface area contributed by atoms with Gasteiger partial charge < -0.3 is 24.4 Å². The van der Waals surface area contributed by atoms with E-state index in [0.29, 0.717) is 18.5 Å². The number of hydrogen-bond donors (Lipinski definition) is 1. The van der Waals surface area contributed by atoms with Crippen LogP contribution in [0.1, 0.15) is 61.3 Å². The number of esters is 2. The van der Waals surface area contributed by atoms with E-state index < -0.39 is 38.0 Å². The molecule has 2 aromatic carbocycles. The van der Waals surface area contributed by atoms with Gasteiger partial charge in [-0.05, 0) is 62.5 Å². The van der Waals surface area contributed by atoms with Crippen molar-refractivity contribution in [1.29, 1.82) is 0 Å². The van der Waals surface area contributed by atoms with Crippen molar-refractivity contribution >= 4 is 67.9 Å². The van der Waals surface area contributed by atoms with Crippen LogP contribution in [-0.2, 0) is 23.9 Å². The highest BCUT2D eigenvalue weighted by Crippen LogP contribution is 2.43. The SMILES string of the molecule is CCC(C)(C)C(=O)OCCN(CCOC(=O)C(C)(C)CC)c1cc(NC(C)=O)c(N=Nc2c(Br)cc([N+](=O)[O-])cc2[N+](=O)[O-])cc1OC. The van der Waals surface area contributed by atoms with E-state index in [1.54, 1.807) is 32.6 Å². The first-order valence-corrected chi connectivity index (χ1v) is 15.8. The molecule has 0 bridgehead atoms. The summed E-state index contributed by atoms with van der Waals surface area (Å²) in [6, 6.07) is 4.78. The molecule has 0 unspecified atom stereocenters. The topological polar surface area (TPSA) is 205 Å². The molecule has 0 spiro atoms. The quantitative estimate of drug-likeness (QED) is 0.0732. The van der Waals surface area contributed by atoms with Gasteiger partial charge in [0.05, 0.1) is 62.8 Å². The minimum Gasteiger partial charge on any atom is -0.494 e. The molecule has 0 atom stereocenters. The summed E-state index contributed by atoms with van der Waals surface area (Å²) < 4.78 is 16.7. The predicted octanol–water partition coefficient (Wildman–Crippen LogP) is 7.41. The van der Waals surface area contributed by atoms with Gasteiger partial charge in [-0.25, -0.2) is 0 Å². The second kappa shape index (κ2) is 16.9. The van der Waals surface area contributed by atoms with Crippen molar-refractivity contribution in [3.8, 4) is 5.75 Å². The van der Waals surface area contributed by atoms with Gasteiger partial charge in [0.15, 0.2) is 5.69 Å². The molecule has 0 radical (unpaired) electrons. The second-order valence-electron chi connectivity index (χ2n) is 12.0. The maximum atomic E-state index is 12.7. The molecule has 1 N–H and O–H groups in total. The first kappa shape index (κ1) is 39.5. The lowest BCUT2D eigenvalue weighted by Crippen LogP contribution is -2.35. The second-order valence-corrected chi connectivity index (χ2v) is 12.8. The molecule has 2 aromatic rings. The van der Waals surface area contributed by atoms with Gasteiger partial charge in [-0.15, -0.1) is 10.2 Å². The molecule has 262 valence electrons. The molecular weight excluding hydrogens is 696 g/mol. The average molecular weight is 738 g/mol. The minimum atomic E-state index is -0.828. The largest absolute Gasteiger partial charge is 0.494 e. The van der Waals surface area contributed by atoms with Crippen LogP contribution < -0.4 is 15.0 Å². The zero-order valence-electron chi connectivity index (χ0n) is 28.2. The number of ether oxygens (including phenoxy) is 3. The maximum Gasteiger partial charge on any atom is 0.311 e. The average Bonchev–Trinajstić information content (AvgIpc) is 3.02. The van der Waals surface area contributed by atoms with Crippen molar-refractivity contribution in [3.63, 3.8) is 0 Å². The Hall–Kier alpha value is -4.67. The number of amides is 1. The number of azo groups is 1. The lowest BCUT2D eigenvalue weighted by molar-refractivity contribution is -0.393. The number of carbonyl (C=O) groups is 3. The van der Waals surface area contributed by atoms with Crippen molar-refractivity contribution in [1.82, 2.24) is 0 Å². The van der Waals surface area contributed by atoms with E-state index in [-0.39, 0.29) is 65.5 Å². The number of anilines is 2. The molecule has 0 heterocycles. The molecule has 0 aliphatic carbocycles. The zero-order valence-corrected chi connectivity index (χ0v) is 29.8. The number of halogens is 1. The van der Waals surface area contributed by atoms with Crippen LogP contribution in [0.2, 0.25) is 0 Å². The molecule has 48 heavy (non-hydrogen) atoms. The predicted molar refractivity (Wildman–Crippen MR) is 181 cm³/mol. The number of nitro benzene ring substituents is 2. The number of carbonyl (C=O) groups excluding carboxylic acids is 3. The Bertz CT molecular complexity index is 1540. The number of nitrogens with zero attached hydrogens (tertiary/aromatic N) is 5. The highest BCUT2D eigenvalue weighted by molar-refractivity contribution is 9.10. The fraction of sp³-hybridized carbons (Fsp3) is 0.516. The molecule has 0 aromatic heterocycles. The summed E-state index contributed by atoms with van der Waals surface area (Å²) in [5.74, 6) is -0.998. The van der Waals surface area contributed by atoms with Gasteiger partial charge in [-0.1, -0.05) is 13.8 Å². The van der Waals surface area contributed by atoms with Gasteiger partial charge in [0.1, 0.15) is 24.7 Å². The van der Waals surface area contributed by atoms with E-state index >= 15 is 0 Å². The lowest BCUT2D eigenvalue weighted by atomic mass is 9.91. The van der Waals surface area contributed by atoms with E-state index in [1.807, 2.05) is 13.8 Å². The van der Waals surface area contributed by atoms with Gasteiger partial charge in [0.25, 0.3) is 5.69 Å². The Labute approximate surface area is 286 Å². The normalized spacial score (nSPS) is 11.6. The third-order valence-electron chi connectivity index (χ3n) is 7.70. The minimum absolute atomic E-state index is 0.0193. The molecule has 17 heteroatoms. The Kier molecular flexibility index (Phi) is 13.9. The van der Waals surface area contributed by atoms with Crippen LogP contribution in [0.5, 0.6) is 5.75 Å².